The molecule has 0 amide bonds. The summed E-state index contributed by atoms with van der Waals surface area (Å²) < 4.78 is 15.7. The first-order valence-electron chi connectivity index (χ1n) is 6.25. The number of nitrogens with two attached hydrogens (primary N) is 2. The second kappa shape index (κ2) is 6.17. The minimum atomic E-state index is -0.407. The maximum absolute atomic E-state index is 12.6. The van der Waals surface area contributed by atoms with Crippen LogP contribution in [0.25, 0.3) is 0 Å². The molecule has 1 heterocycles. The Morgan fingerprint density at radius 3 is 2.23 bits per heavy atom. The van der Waals surface area contributed by atoms with Crippen LogP contribution < -0.4 is 25.7 Å². The van der Waals surface area contributed by atoms with Crippen LogP contribution in [0.3, 0.4) is 0 Å². The van der Waals surface area contributed by atoms with Crippen LogP contribution in [-0.4, -0.2) is 37.1 Å². The Hall–Kier alpha value is -3.03. The average Bonchev–Trinajstić information content (AvgIpc) is 2.52. The number of hydrogen-bond donors (Lipinski definition) is 2. The summed E-state index contributed by atoms with van der Waals surface area (Å²) in [6.07, 6.45) is 1.27. The fourth-order valence-electron chi connectivity index (χ4n) is 2.01. The minimum absolute atomic E-state index is 0.00524. The van der Waals surface area contributed by atoms with Crippen LogP contribution in [0, 0.1) is 0 Å². The van der Waals surface area contributed by atoms with Crippen molar-refractivity contribution in [3.05, 3.63) is 29.5 Å². The van der Waals surface area contributed by atoms with Crippen molar-refractivity contribution in [3.8, 4) is 17.2 Å². The smallest absolute Gasteiger partial charge is 0.221 e. The van der Waals surface area contributed by atoms with E-state index in [9.17, 15) is 4.79 Å². The van der Waals surface area contributed by atoms with Gasteiger partial charge in [-0.05, 0) is 12.1 Å². The molecule has 0 spiro atoms. The van der Waals surface area contributed by atoms with Gasteiger partial charge < -0.3 is 25.7 Å². The van der Waals surface area contributed by atoms with Gasteiger partial charge in [0.05, 0.1) is 32.5 Å². The summed E-state index contributed by atoms with van der Waals surface area (Å²) in [6.45, 7) is 0. The number of carbonyl (C=O) groups is 1. The molecule has 4 N–H and O–H groups in total. The molecule has 1 aromatic heterocycles. The SMILES string of the molecule is COc1ccc(C(=O)c2cnc(N)nc2N)c(OC)c1OC. The molecule has 0 bridgehead atoms. The van der Waals surface area contributed by atoms with E-state index in [1.165, 1.54) is 27.5 Å². The second-order valence-electron chi connectivity index (χ2n) is 4.24. The molecule has 0 unspecified atom stereocenters. The minimum Gasteiger partial charge on any atom is -0.493 e. The number of methoxy groups -OCH3 is 3. The number of aromatic nitrogens is 2. The van der Waals surface area contributed by atoms with Gasteiger partial charge in [0.15, 0.2) is 11.5 Å². The van der Waals surface area contributed by atoms with E-state index >= 15 is 0 Å². The van der Waals surface area contributed by atoms with Gasteiger partial charge in [-0.2, -0.15) is 4.98 Å². The molecule has 8 nitrogen and oxygen atoms in total. The monoisotopic (exact) mass is 304 g/mol. The molecule has 116 valence electrons. The third-order valence-corrected chi connectivity index (χ3v) is 3.03. The predicted octanol–water partition coefficient (Wildman–Crippen LogP) is 0.898. The summed E-state index contributed by atoms with van der Waals surface area (Å²) in [6, 6.07) is 3.15. The normalized spacial score (nSPS) is 10.1. The van der Waals surface area contributed by atoms with Crippen LogP contribution in [0.4, 0.5) is 11.8 Å². The Morgan fingerprint density at radius 1 is 1.00 bits per heavy atom. The number of rotatable bonds is 5. The molecule has 0 aliphatic heterocycles. The Balaban J connectivity index is 2.58. The number of nitrogen functional groups attached to an aromatic ring is 2. The quantitative estimate of drug-likeness (QED) is 0.781. The van der Waals surface area contributed by atoms with Crippen molar-refractivity contribution in [1.29, 1.82) is 0 Å². The first-order chi connectivity index (χ1) is 10.5. The molecular weight excluding hydrogens is 288 g/mol. The number of ketones is 1. The van der Waals surface area contributed by atoms with Crippen LogP contribution in [0.15, 0.2) is 18.3 Å². The molecule has 2 rings (SSSR count). The maximum Gasteiger partial charge on any atom is 0.221 e. The van der Waals surface area contributed by atoms with Gasteiger partial charge in [0.25, 0.3) is 0 Å². The zero-order valence-electron chi connectivity index (χ0n) is 12.4. The zero-order valence-corrected chi connectivity index (χ0v) is 12.4. The van der Waals surface area contributed by atoms with Gasteiger partial charge in [-0.1, -0.05) is 0 Å². The van der Waals surface area contributed by atoms with Crippen molar-refractivity contribution >= 4 is 17.5 Å². The third-order valence-electron chi connectivity index (χ3n) is 3.03. The van der Waals surface area contributed by atoms with E-state index < -0.39 is 5.78 Å². The summed E-state index contributed by atoms with van der Waals surface area (Å²) in [5.74, 6) is 0.573. The van der Waals surface area contributed by atoms with Crippen LogP contribution in [0.1, 0.15) is 15.9 Å². The largest absolute Gasteiger partial charge is 0.493 e. The maximum atomic E-state index is 12.6. The Kier molecular flexibility index (Phi) is 4.31. The second-order valence-corrected chi connectivity index (χ2v) is 4.24. The van der Waals surface area contributed by atoms with E-state index in [-0.39, 0.29) is 28.6 Å². The topological polar surface area (TPSA) is 123 Å². The summed E-state index contributed by atoms with van der Waals surface area (Å²) in [5.41, 5.74) is 11.5. The highest BCUT2D eigenvalue weighted by molar-refractivity contribution is 6.13. The molecule has 1 aromatic carbocycles. The number of anilines is 2. The molecule has 0 fully saturated rings. The number of nitrogens with zero attached hydrogens (tertiary/aromatic N) is 2. The number of hydrogen-bond acceptors (Lipinski definition) is 8. The third kappa shape index (κ3) is 2.58. The highest BCUT2D eigenvalue weighted by Crippen LogP contribution is 2.40. The molecule has 2 aromatic rings. The first kappa shape index (κ1) is 15.4. The zero-order chi connectivity index (χ0) is 16.3. The Morgan fingerprint density at radius 2 is 1.68 bits per heavy atom. The van der Waals surface area contributed by atoms with E-state index in [0.717, 1.165) is 0 Å². The summed E-state index contributed by atoms with van der Waals surface area (Å²) in [5, 5.41) is 0. The van der Waals surface area contributed by atoms with E-state index in [1.807, 2.05) is 0 Å². The molecule has 0 radical (unpaired) electrons. The summed E-state index contributed by atoms with van der Waals surface area (Å²) in [7, 11) is 4.37. The van der Waals surface area contributed by atoms with Crippen molar-refractivity contribution in [2.75, 3.05) is 32.8 Å². The van der Waals surface area contributed by atoms with Crippen molar-refractivity contribution in [3.63, 3.8) is 0 Å². The standard InChI is InChI=1S/C14H16N4O4/c1-20-9-5-4-7(11(21-2)12(9)22-3)10(19)8-6-17-14(16)18-13(8)15/h4-6H,1-3H3,(H4,15,16,17,18). The van der Waals surface area contributed by atoms with Crippen LogP contribution in [0.2, 0.25) is 0 Å². The van der Waals surface area contributed by atoms with Gasteiger partial charge in [-0.15, -0.1) is 0 Å². The molecule has 22 heavy (non-hydrogen) atoms. The van der Waals surface area contributed by atoms with E-state index in [0.29, 0.717) is 11.5 Å². The lowest BCUT2D eigenvalue weighted by Gasteiger charge is -2.15. The number of benzene rings is 1. The van der Waals surface area contributed by atoms with Crippen LogP contribution in [-0.2, 0) is 0 Å². The molecule has 0 aliphatic rings. The first-order valence-corrected chi connectivity index (χ1v) is 6.25. The van der Waals surface area contributed by atoms with Gasteiger partial charge in [0.2, 0.25) is 17.5 Å². The summed E-state index contributed by atoms with van der Waals surface area (Å²) >= 11 is 0. The number of carbonyl (C=O) groups excluding carboxylic acids is 1. The van der Waals surface area contributed by atoms with E-state index in [4.69, 9.17) is 25.7 Å². The lowest BCUT2D eigenvalue weighted by atomic mass is 10.0. The van der Waals surface area contributed by atoms with Crippen molar-refractivity contribution in [1.82, 2.24) is 9.97 Å². The molecule has 0 atom stereocenters. The van der Waals surface area contributed by atoms with E-state index in [1.54, 1.807) is 12.1 Å². The highest BCUT2D eigenvalue weighted by Gasteiger charge is 2.23. The van der Waals surface area contributed by atoms with Gasteiger partial charge in [-0.25, -0.2) is 4.98 Å². The van der Waals surface area contributed by atoms with Crippen molar-refractivity contribution in [2.45, 2.75) is 0 Å². The highest BCUT2D eigenvalue weighted by atomic mass is 16.5. The predicted molar refractivity (Wildman–Crippen MR) is 80.4 cm³/mol. The molecule has 0 aliphatic carbocycles. The van der Waals surface area contributed by atoms with Gasteiger partial charge in [-0.3, -0.25) is 4.79 Å². The Bertz CT molecular complexity index is 718. The van der Waals surface area contributed by atoms with E-state index in [2.05, 4.69) is 9.97 Å². The molecule has 0 saturated heterocycles. The van der Waals surface area contributed by atoms with Crippen LogP contribution >= 0.6 is 0 Å². The Labute approximate surface area is 127 Å². The molecule has 8 heteroatoms. The fraction of sp³-hybridized carbons (Fsp3) is 0.214. The van der Waals surface area contributed by atoms with Gasteiger partial charge in [0, 0.05) is 6.20 Å². The fourth-order valence-corrected chi connectivity index (χ4v) is 2.01. The lowest BCUT2D eigenvalue weighted by molar-refractivity contribution is 0.103. The average molecular weight is 304 g/mol. The van der Waals surface area contributed by atoms with Gasteiger partial charge in [0.1, 0.15) is 5.82 Å². The van der Waals surface area contributed by atoms with Crippen molar-refractivity contribution in [2.24, 2.45) is 0 Å². The van der Waals surface area contributed by atoms with Gasteiger partial charge >= 0.3 is 0 Å². The molecular formula is C14H16N4O4. The molecule has 0 saturated carbocycles. The van der Waals surface area contributed by atoms with Crippen LogP contribution in [0.5, 0.6) is 17.2 Å². The summed E-state index contributed by atoms with van der Waals surface area (Å²) in [4.78, 5) is 20.2. The van der Waals surface area contributed by atoms with Crippen molar-refractivity contribution < 1.29 is 19.0 Å². The number of ether oxygens (including phenoxy) is 3. The lowest BCUT2D eigenvalue weighted by Crippen LogP contribution is -2.11.